The number of nitrogens with one attached hydrogen (secondary N) is 2. The zero-order valence-electron chi connectivity index (χ0n) is 27.2. The first-order chi connectivity index (χ1) is 23.2. The number of ether oxygens (including phenoxy) is 5. The van der Waals surface area contributed by atoms with Gasteiger partial charge in [0.25, 0.3) is 5.91 Å². The number of thiophene rings is 1. The number of para-hydroxylation sites is 2. The number of amides is 2. The van der Waals surface area contributed by atoms with E-state index in [2.05, 4.69) is 20.8 Å². The summed E-state index contributed by atoms with van der Waals surface area (Å²) in [7, 11) is 4.51. The van der Waals surface area contributed by atoms with Gasteiger partial charge in [0.05, 0.1) is 58.1 Å². The molecule has 0 aliphatic carbocycles. The lowest BCUT2D eigenvalue weighted by Gasteiger charge is -2.14. The van der Waals surface area contributed by atoms with Crippen LogP contribution in [0, 0.1) is 6.92 Å². The minimum Gasteiger partial charge on any atom is -0.495 e. The SMILES string of the molecule is CCOC(=O)c1sc(NC(=O)CSc2nnc(CNC(=O)c3ccc(OC)c(OC)c3)n2-c2ccccc2OC)c(C(=O)OCC)c1C. The lowest BCUT2D eigenvalue weighted by Crippen LogP contribution is -2.25. The number of carbonyl (C=O) groups excluding carboxylic acids is 4. The lowest BCUT2D eigenvalue weighted by molar-refractivity contribution is -0.113. The molecule has 14 nitrogen and oxygen atoms in total. The number of rotatable bonds is 15. The summed E-state index contributed by atoms with van der Waals surface area (Å²) in [4.78, 5) is 51.8. The van der Waals surface area contributed by atoms with E-state index >= 15 is 0 Å². The van der Waals surface area contributed by atoms with Gasteiger partial charge in [-0.3, -0.25) is 14.2 Å². The molecule has 0 aliphatic heterocycles. The Kier molecular flexibility index (Phi) is 12.4. The predicted octanol–water partition coefficient (Wildman–Crippen LogP) is 4.68. The third kappa shape index (κ3) is 8.06. The third-order valence-electron chi connectivity index (χ3n) is 6.75. The molecule has 254 valence electrons. The molecule has 0 saturated heterocycles. The molecule has 0 bridgehead atoms. The summed E-state index contributed by atoms with van der Waals surface area (Å²) in [6.45, 7) is 5.18. The van der Waals surface area contributed by atoms with Crippen molar-refractivity contribution in [3.05, 3.63) is 69.9 Å². The maximum Gasteiger partial charge on any atom is 0.348 e. The van der Waals surface area contributed by atoms with Crippen molar-refractivity contribution in [2.45, 2.75) is 32.5 Å². The molecule has 0 aliphatic rings. The molecule has 4 rings (SSSR count). The van der Waals surface area contributed by atoms with E-state index in [1.807, 2.05) is 6.07 Å². The van der Waals surface area contributed by atoms with Crippen molar-refractivity contribution >= 4 is 51.9 Å². The standard InChI is InChI=1S/C32H35N5O9S2/c1-7-45-30(40)26-18(3)27(31(41)46-8-2)48-29(26)34-25(38)17-47-32-36-35-24(37(32)20-11-9-10-12-21(20)42-4)16-33-28(39)19-13-14-22(43-5)23(15-19)44-6/h9-15H,7-8,16-17H2,1-6H3,(H,33,39)(H,34,38). The minimum atomic E-state index is -0.666. The number of hydrogen-bond donors (Lipinski definition) is 2. The fraction of sp³-hybridized carbons (Fsp3) is 0.312. The van der Waals surface area contributed by atoms with Crippen LogP contribution in [0.1, 0.15) is 55.6 Å². The summed E-state index contributed by atoms with van der Waals surface area (Å²) in [5.74, 6) is -0.491. The van der Waals surface area contributed by atoms with E-state index in [0.717, 1.165) is 23.1 Å². The molecule has 0 spiro atoms. The smallest absolute Gasteiger partial charge is 0.348 e. The second kappa shape index (κ2) is 16.6. The van der Waals surface area contributed by atoms with Gasteiger partial charge in [-0.05, 0) is 56.7 Å². The highest BCUT2D eigenvalue weighted by atomic mass is 32.2. The second-order valence-corrected chi connectivity index (χ2v) is 11.7. The normalized spacial score (nSPS) is 10.6. The summed E-state index contributed by atoms with van der Waals surface area (Å²) in [6.07, 6.45) is 0. The number of hydrogen-bond acceptors (Lipinski definition) is 13. The summed E-state index contributed by atoms with van der Waals surface area (Å²) in [5, 5.41) is 14.7. The highest BCUT2D eigenvalue weighted by Crippen LogP contribution is 2.35. The maximum atomic E-state index is 13.2. The Bertz CT molecular complexity index is 1800. The van der Waals surface area contributed by atoms with Gasteiger partial charge >= 0.3 is 11.9 Å². The molecule has 2 aromatic carbocycles. The summed E-state index contributed by atoms with van der Waals surface area (Å²) >= 11 is 2.01. The first kappa shape index (κ1) is 35.8. The lowest BCUT2D eigenvalue weighted by atomic mass is 10.1. The summed E-state index contributed by atoms with van der Waals surface area (Å²) < 4.78 is 28.1. The Morgan fingerprint density at radius 2 is 1.56 bits per heavy atom. The number of benzene rings is 2. The van der Waals surface area contributed by atoms with Gasteiger partial charge in [-0.25, -0.2) is 9.59 Å². The van der Waals surface area contributed by atoms with Gasteiger partial charge in [-0.2, -0.15) is 0 Å². The van der Waals surface area contributed by atoms with Crippen molar-refractivity contribution in [1.82, 2.24) is 20.1 Å². The summed E-state index contributed by atoms with van der Waals surface area (Å²) in [5.41, 5.74) is 1.38. The van der Waals surface area contributed by atoms with Crippen LogP contribution in [-0.4, -0.2) is 78.8 Å². The molecule has 4 aromatic rings. The van der Waals surface area contributed by atoms with Crippen LogP contribution in [0.5, 0.6) is 17.2 Å². The van der Waals surface area contributed by atoms with Gasteiger partial charge < -0.3 is 34.3 Å². The molecule has 48 heavy (non-hydrogen) atoms. The van der Waals surface area contributed by atoms with Crippen LogP contribution in [0.4, 0.5) is 5.00 Å². The quantitative estimate of drug-likeness (QED) is 0.130. The average molecular weight is 698 g/mol. The zero-order chi connectivity index (χ0) is 34.8. The number of carbonyl (C=O) groups is 4. The molecule has 0 atom stereocenters. The Hall–Kier alpha value is -5.09. The van der Waals surface area contributed by atoms with Gasteiger partial charge in [-0.1, -0.05) is 23.9 Å². The molecule has 2 aromatic heterocycles. The number of anilines is 1. The highest BCUT2D eigenvalue weighted by molar-refractivity contribution is 7.99. The van der Waals surface area contributed by atoms with Crippen LogP contribution in [-0.2, 0) is 20.8 Å². The van der Waals surface area contributed by atoms with E-state index in [1.54, 1.807) is 61.7 Å². The number of thioether (sulfide) groups is 1. The van der Waals surface area contributed by atoms with Gasteiger partial charge in [-0.15, -0.1) is 21.5 Å². The zero-order valence-corrected chi connectivity index (χ0v) is 28.8. The van der Waals surface area contributed by atoms with Crippen LogP contribution < -0.4 is 24.8 Å². The Labute approximate surface area is 285 Å². The largest absolute Gasteiger partial charge is 0.495 e. The molecule has 2 heterocycles. The molecule has 0 unspecified atom stereocenters. The van der Waals surface area contributed by atoms with Crippen molar-refractivity contribution < 1.29 is 42.9 Å². The molecule has 0 fully saturated rings. The molecule has 16 heteroatoms. The second-order valence-electron chi connectivity index (χ2n) is 9.70. The first-order valence-corrected chi connectivity index (χ1v) is 16.5. The van der Waals surface area contributed by atoms with E-state index in [1.165, 1.54) is 21.3 Å². The Morgan fingerprint density at radius 1 is 0.875 bits per heavy atom. The number of methoxy groups -OCH3 is 3. The van der Waals surface area contributed by atoms with Crippen LogP contribution in [0.2, 0.25) is 0 Å². The average Bonchev–Trinajstić information content (AvgIpc) is 3.65. The van der Waals surface area contributed by atoms with Gasteiger partial charge in [0, 0.05) is 5.56 Å². The Balaban J connectivity index is 1.57. The van der Waals surface area contributed by atoms with Crippen molar-refractivity contribution in [3.63, 3.8) is 0 Å². The van der Waals surface area contributed by atoms with Crippen LogP contribution >= 0.6 is 23.1 Å². The van der Waals surface area contributed by atoms with Crippen molar-refractivity contribution in [1.29, 1.82) is 0 Å². The van der Waals surface area contributed by atoms with Crippen LogP contribution in [0.25, 0.3) is 5.69 Å². The third-order valence-corrected chi connectivity index (χ3v) is 8.87. The molecule has 2 N–H and O–H groups in total. The predicted molar refractivity (Wildman–Crippen MR) is 179 cm³/mol. The molecule has 2 amide bonds. The van der Waals surface area contributed by atoms with Gasteiger partial charge in [0.1, 0.15) is 15.6 Å². The topological polar surface area (TPSA) is 169 Å². The molecule has 0 radical (unpaired) electrons. The highest BCUT2D eigenvalue weighted by Gasteiger charge is 2.28. The van der Waals surface area contributed by atoms with E-state index < -0.39 is 17.8 Å². The van der Waals surface area contributed by atoms with Crippen molar-refractivity contribution in [3.8, 4) is 22.9 Å². The monoisotopic (exact) mass is 697 g/mol. The minimum absolute atomic E-state index is 0.0149. The van der Waals surface area contributed by atoms with E-state index in [0.29, 0.717) is 45.0 Å². The molecular formula is C32H35N5O9S2. The first-order valence-electron chi connectivity index (χ1n) is 14.6. The van der Waals surface area contributed by atoms with Gasteiger partial charge in [0.15, 0.2) is 22.5 Å². The van der Waals surface area contributed by atoms with Crippen molar-refractivity contribution in [2.75, 3.05) is 45.6 Å². The van der Waals surface area contributed by atoms with Crippen LogP contribution in [0.15, 0.2) is 47.6 Å². The van der Waals surface area contributed by atoms with Crippen molar-refractivity contribution in [2.24, 2.45) is 0 Å². The van der Waals surface area contributed by atoms with E-state index in [4.69, 9.17) is 23.7 Å². The fourth-order valence-electron chi connectivity index (χ4n) is 4.54. The fourth-order valence-corrected chi connectivity index (χ4v) is 6.41. The number of nitrogens with zero attached hydrogens (tertiary/aromatic N) is 3. The molecular weight excluding hydrogens is 663 g/mol. The van der Waals surface area contributed by atoms with E-state index in [-0.39, 0.29) is 46.9 Å². The maximum absolute atomic E-state index is 13.2. The summed E-state index contributed by atoms with van der Waals surface area (Å²) in [6, 6.07) is 12.0. The number of esters is 2. The van der Waals surface area contributed by atoms with Crippen LogP contribution in [0.3, 0.4) is 0 Å². The van der Waals surface area contributed by atoms with E-state index in [9.17, 15) is 19.2 Å². The number of aromatic nitrogens is 3. The Morgan fingerprint density at radius 3 is 2.25 bits per heavy atom. The molecule has 0 saturated carbocycles. The van der Waals surface area contributed by atoms with Gasteiger partial charge in [0.2, 0.25) is 5.91 Å².